The van der Waals surface area contributed by atoms with Gasteiger partial charge in [-0.05, 0) is 13.0 Å². The van der Waals surface area contributed by atoms with Crippen LogP contribution in [0.15, 0.2) is 12.1 Å². The second-order valence-corrected chi connectivity index (χ2v) is 4.08. The predicted octanol–water partition coefficient (Wildman–Crippen LogP) is 2.90. The minimum Gasteiger partial charge on any atom is -0.479 e. The summed E-state index contributed by atoms with van der Waals surface area (Å²) < 4.78 is 5.19. The fourth-order valence-corrected chi connectivity index (χ4v) is 1.42. The van der Waals surface area contributed by atoms with Gasteiger partial charge in [0, 0.05) is 6.07 Å². The van der Waals surface area contributed by atoms with Gasteiger partial charge in [0.2, 0.25) is 0 Å². The molecule has 0 aliphatic heterocycles. The van der Waals surface area contributed by atoms with E-state index < -0.39 is 12.0 Å². The molecule has 0 aliphatic rings. The Balaban J connectivity index is 2.95. The van der Waals surface area contributed by atoms with Crippen molar-refractivity contribution in [2.45, 2.75) is 13.0 Å². The van der Waals surface area contributed by atoms with Crippen molar-refractivity contribution in [2.75, 3.05) is 0 Å². The Morgan fingerprint density at radius 2 is 1.80 bits per heavy atom. The molecular weight excluding hydrogens is 260 g/mol. The Morgan fingerprint density at radius 1 is 1.27 bits per heavy atom. The molecule has 1 aromatic rings. The second-order valence-electron chi connectivity index (χ2n) is 2.86. The average Bonchev–Trinajstić information content (AvgIpc) is 2.13. The molecule has 0 spiro atoms. The van der Waals surface area contributed by atoms with Gasteiger partial charge in [-0.2, -0.15) is 0 Å². The standard InChI is InChI=1S/C9H8Cl3NO2/c1-4(9(13)14)15-8-3-6(11)5(10)2-7(8)12/h2-4H,1H3,(H2,13,14)/t4-/m0/s1. The lowest BCUT2D eigenvalue weighted by molar-refractivity contribution is -0.123. The van der Waals surface area contributed by atoms with Crippen LogP contribution in [0, 0.1) is 0 Å². The summed E-state index contributed by atoms with van der Waals surface area (Å²) in [6, 6.07) is 2.88. The molecule has 1 atom stereocenters. The number of amides is 1. The molecule has 0 aliphatic carbocycles. The van der Waals surface area contributed by atoms with Crippen LogP contribution >= 0.6 is 34.8 Å². The second kappa shape index (κ2) is 4.92. The number of primary amides is 1. The zero-order chi connectivity index (χ0) is 11.6. The number of halogens is 3. The van der Waals surface area contributed by atoms with Crippen LogP contribution < -0.4 is 10.5 Å². The Bertz CT molecular complexity index is 395. The summed E-state index contributed by atoms with van der Waals surface area (Å²) in [5.74, 6) is -0.311. The van der Waals surface area contributed by atoms with E-state index in [1.54, 1.807) is 0 Å². The Kier molecular flexibility index (Phi) is 4.08. The Morgan fingerprint density at radius 3 is 2.33 bits per heavy atom. The van der Waals surface area contributed by atoms with E-state index in [-0.39, 0.29) is 10.8 Å². The van der Waals surface area contributed by atoms with E-state index in [9.17, 15) is 4.79 Å². The molecule has 1 rings (SSSR count). The van der Waals surface area contributed by atoms with Gasteiger partial charge in [0.1, 0.15) is 5.75 Å². The van der Waals surface area contributed by atoms with Crippen molar-refractivity contribution in [3.63, 3.8) is 0 Å². The molecule has 0 saturated heterocycles. The number of ether oxygens (including phenoxy) is 1. The van der Waals surface area contributed by atoms with Crippen LogP contribution in [0.2, 0.25) is 15.1 Å². The first-order valence-corrected chi connectivity index (χ1v) is 5.15. The lowest BCUT2D eigenvalue weighted by Gasteiger charge is -2.13. The zero-order valence-corrected chi connectivity index (χ0v) is 10.0. The highest BCUT2D eigenvalue weighted by molar-refractivity contribution is 6.43. The molecule has 0 bridgehead atoms. The van der Waals surface area contributed by atoms with E-state index >= 15 is 0 Å². The van der Waals surface area contributed by atoms with Gasteiger partial charge in [-0.25, -0.2) is 0 Å². The van der Waals surface area contributed by atoms with Crippen molar-refractivity contribution in [2.24, 2.45) is 5.73 Å². The number of hydrogen-bond donors (Lipinski definition) is 1. The molecule has 0 radical (unpaired) electrons. The van der Waals surface area contributed by atoms with Crippen molar-refractivity contribution < 1.29 is 9.53 Å². The van der Waals surface area contributed by atoms with Gasteiger partial charge in [-0.3, -0.25) is 4.79 Å². The summed E-state index contributed by atoms with van der Waals surface area (Å²) in [5.41, 5.74) is 5.04. The fourth-order valence-electron chi connectivity index (χ4n) is 0.843. The Labute approximate surface area is 102 Å². The first-order valence-electron chi connectivity index (χ1n) is 4.02. The number of hydrogen-bond acceptors (Lipinski definition) is 2. The minimum absolute atomic E-state index is 0.275. The van der Waals surface area contributed by atoms with E-state index in [4.69, 9.17) is 45.3 Å². The minimum atomic E-state index is -0.778. The average molecular weight is 269 g/mol. The van der Waals surface area contributed by atoms with Crippen LogP contribution in [0.5, 0.6) is 5.75 Å². The molecule has 15 heavy (non-hydrogen) atoms. The van der Waals surface area contributed by atoms with Crippen LogP contribution in [0.4, 0.5) is 0 Å². The summed E-state index contributed by atoms with van der Waals surface area (Å²) >= 11 is 17.3. The maximum Gasteiger partial charge on any atom is 0.258 e. The summed E-state index contributed by atoms with van der Waals surface area (Å²) in [6.07, 6.45) is -0.778. The number of nitrogens with two attached hydrogens (primary N) is 1. The van der Waals surface area contributed by atoms with Gasteiger partial charge in [0.25, 0.3) is 5.91 Å². The molecule has 1 amide bonds. The number of carbonyl (C=O) groups excluding carboxylic acids is 1. The van der Waals surface area contributed by atoms with Gasteiger partial charge in [0.05, 0.1) is 15.1 Å². The van der Waals surface area contributed by atoms with Gasteiger partial charge in [-0.1, -0.05) is 34.8 Å². The normalized spacial score (nSPS) is 12.3. The number of carbonyl (C=O) groups is 1. The molecule has 2 N–H and O–H groups in total. The molecule has 82 valence electrons. The van der Waals surface area contributed by atoms with Crippen molar-refractivity contribution in [3.8, 4) is 5.75 Å². The molecule has 0 fully saturated rings. The highest BCUT2D eigenvalue weighted by atomic mass is 35.5. The van der Waals surface area contributed by atoms with Gasteiger partial charge in [-0.15, -0.1) is 0 Å². The molecule has 0 saturated carbocycles. The van der Waals surface area contributed by atoms with Crippen molar-refractivity contribution >= 4 is 40.7 Å². The lowest BCUT2D eigenvalue weighted by Crippen LogP contribution is -2.30. The Hall–Kier alpha value is -0.640. The van der Waals surface area contributed by atoms with E-state index in [1.165, 1.54) is 19.1 Å². The predicted molar refractivity (Wildman–Crippen MR) is 60.8 cm³/mol. The number of benzene rings is 1. The molecule has 1 aromatic carbocycles. The molecule has 3 nitrogen and oxygen atoms in total. The first kappa shape index (κ1) is 12.4. The fraction of sp³-hybridized carbons (Fsp3) is 0.222. The summed E-state index contributed by atoms with van der Waals surface area (Å²) in [4.78, 5) is 10.8. The molecule has 0 heterocycles. The zero-order valence-electron chi connectivity index (χ0n) is 7.76. The van der Waals surface area contributed by atoms with Crippen LogP contribution in [-0.4, -0.2) is 12.0 Å². The smallest absolute Gasteiger partial charge is 0.258 e. The molecule has 0 unspecified atom stereocenters. The maximum absolute atomic E-state index is 10.8. The highest BCUT2D eigenvalue weighted by Gasteiger charge is 2.14. The molecule has 0 aromatic heterocycles. The van der Waals surface area contributed by atoms with Crippen LogP contribution in [0.25, 0.3) is 0 Å². The first-order chi connectivity index (χ1) is 6.91. The highest BCUT2D eigenvalue weighted by Crippen LogP contribution is 2.34. The maximum atomic E-state index is 10.8. The van der Waals surface area contributed by atoms with Crippen molar-refractivity contribution in [1.29, 1.82) is 0 Å². The largest absolute Gasteiger partial charge is 0.479 e. The van der Waals surface area contributed by atoms with Crippen LogP contribution in [0.1, 0.15) is 6.92 Å². The quantitative estimate of drug-likeness (QED) is 0.857. The number of rotatable bonds is 3. The van der Waals surface area contributed by atoms with E-state index in [1.807, 2.05) is 0 Å². The SMILES string of the molecule is C[C@H](Oc1cc(Cl)c(Cl)cc1Cl)C(N)=O. The monoisotopic (exact) mass is 267 g/mol. The van der Waals surface area contributed by atoms with E-state index in [0.717, 1.165) is 0 Å². The van der Waals surface area contributed by atoms with Crippen LogP contribution in [0.3, 0.4) is 0 Å². The summed E-state index contributed by atoms with van der Waals surface area (Å²) in [7, 11) is 0. The summed E-state index contributed by atoms with van der Waals surface area (Å²) in [6.45, 7) is 1.52. The third-order valence-electron chi connectivity index (χ3n) is 1.68. The van der Waals surface area contributed by atoms with Gasteiger partial charge in [0.15, 0.2) is 6.10 Å². The molecular formula is C9H8Cl3NO2. The summed E-state index contributed by atoms with van der Waals surface area (Å²) in [5, 5.41) is 0.894. The van der Waals surface area contributed by atoms with Gasteiger partial charge >= 0.3 is 0 Å². The lowest BCUT2D eigenvalue weighted by atomic mass is 10.3. The third-order valence-corrected chi connectivity index (χ3v) is 2.70. The third kappa shape index (κ3) is 3.16. The van der Waals surface area contributed by atoms with Crippen LogP contribution in [-0.2, 0) is 4.79 Å². The van der Waals surface area contributed by atoms with Gasteiger partial charge < -0.3 is 10.5 Å². The van der Waals surface area contributed by atoms with Crippen molar-refractivity contribution in [3.05, 3.63) is 27.2 Å². The van der Waals surface area contributed by atoms with Crippen molar-refractivity contribution in [1.82, 2.24) is 0 Å². The topological polar surface area (TPSA) is 52.3 Å². The molecule has 6 heteroatoms. The van der Waals surface area contributed by atoms with E-state index in [2.05, 4.69) is 0 Å². The van der Waals surface area contributed by atoms with E-state index in [0.29, 0.717) is 10.0 Å².